The standard InChI is InChI=1S/C14H17F2NO2/c15-13(16)12(18)8-17-14(19)11-6-5-9-3-1-2-4-10(9)7-11/h5-7,12-13,18H,1-4,8H2,(H,17,19). The van der Waals surface area contributed by atoms with Crippen molar-refractivity contribution in [1.82, 2.24) is 5.32 Å². The minimum atomic E-state index is -2.84. The van der Waals surface area contributed by atoms with Crippen molar-refractivity contribution in [3.8, 4) is 0 Å². The van der Waals surface area contributed by atoms with Gasteiger partial charge in [0.05, 0.1) is 0 Å². The Morgan fingerprint density at radius 2 is 1.95 bits per heavy atom. The second-order valence-electron chi connectivity index (χ2n) is 4.80. The van der Waals surface area contributed by atoms with Gasteiger partial charge in [0, 0.05) is 12.1 Å². The lowest BCUT2D eigenvalue weighted by atomic mass is 9.90. The van der Waals surface area contributed by atoms with Crippen LogP contribution in [0.15, 0.2) is 18.2 Å². The van der Waals surface area contributed by atoms with Crippen LogP contribution in [0.1, 0.15) is 34.3 Å². The van der Waals surface area contributed by atoms with Gasteiger partial charge in [-0.15, -0.1) is 0 Å². The molecule has 1 aromatic rings. The van der Waals surface area contributed by atoms with Gasteiger partial charge in [-0.25, -0.2) is 8.78 Å². The van der Waals surface area contributed by atoms with E-state index in [1.54, 1.807) is 6.07 Å². The number of alkyl halides is 2. The molecule has 19 heavy (non-hydrogen) atoms. The van der Waals surface area contributed by atoms with Crippen molar-refractivity contribution < 1.29 is 18.7 Å². The van der Waals surface area contributed by atoms with Crippen LogP contribution in [0.3, 0.4) is 0 Å². The smallest absolute Gasteiger partial charge is 0.265 e. The summed E-state index contributed by atoms with van der Waals surface area (Å²) in [6.45, 7) is -0.437. The van der Waals surface area contributed by atoms with Gasteiger partial charge in [0.15, 0.2) is 0 Å². The number of rotatable bonds is 4. The Labute approximate surface area is 110 Å². The number of carbonyl (C=O) groups is 1. The molecule has 1 aliphatic carbocycles. The first-order valence-corrected chi connectivity index (χ1v) is 6.44. The topological polar surface area (TPSA) is 49.3 Å². The summed E-state index contributed by atoms with van der Waals surface area (Å²) >= 11 is 0. The highest BCUT2D eigenvalue weighted by atomic mass is 19.3. The van der Waals surface area contributed by atoms with Gasteiger partial charge < -0.3 is 10.4 Å². The van der Waals surface area contributed by atoms with Crippen LogP contribution in [0, 0.1) is 0 Å². The fourth-order valence-corrected chi connectivity index (χ4v) is 2.26. The summed E-state index contributed by atoms with van der Waals surface area (Å²) in [5.41, 5.74) is 2.88. The molecule has 0 radical (unpaired) electrons. The highest BCUT2D eigenvalue weighted by molar-refractivity contribution is 5.94. The Balaban J connectivity index is 1.99. The summed E-state index contributed by atoms with van der Waals surface area (Å²) in [4.78, 5) is 11.8. The molecule has 1 aliphatic rings. The molecule has 0 spiro atoms. The molecule has 0 heterocycles. The van der Waals surface area contributed by atoms with Crippen molar-refractivity contribution in [1.29, 1.82) is 0 Å². The number of halogens is 2. The second kappa shape index (κ2) is 6.10. The third-order valence-electron chi connectivity index (χ3n) is 3.37. The van der Waals surface area contributed by atoms with Gasteiger partial charge in [-0.2, -0.15) is 0 Å². The number of nitrogens with one attached hydrogen (secondary N) is 1. The fourth-order valence-electron chi connectivity index (χ4n) is 2.26. The molecule has 104 valence electrons. The first kappa shape index (κ1) is 13.9. The first-order chi connectivity index (χ1) is 9.08. The van der Waals surface area contributed by atoms with Gasteiger partial charge in [-0.1, -0.05) is 6.07 Å². The number of fused-ring (bicyclic) bond motifs is 1. The van der Waals surface area contributed by atoms with E-state index in [1.807, 2.05) is 12.1 Å². The number of carbonyl (C=O) groups excluding carboxylic acids is 1. The molecule has 0 bridgehead atoms. The lowest BCUT2D eigenvalue weighted by molar-refractivity contribution is -0.00270. The van der Waals surface area contributed by atoms with Crippen molar-refractivity contribution in [3.05, 3.63) is 34.9 Å². The number of amides is 1. The predicted octanol–water partition coefficient (Wildman–Crippen LogP) is 1.92. The van der Waals surface area contributed by atoms with Gasteiger partial charge in [-0.05, 0) is 48.9 Å². The minimum Gasteiger partial charge on any atom is -0.385 e. The van der Waals surface area contributed by atoms with Crippen molar-refractivity contribution in [2.24, 2.45) is 0 Å². The zero-order chi connectivity index (χ0) is 13.8. The molecular weight excluding hydrogens is 252 g/mol. The summed E-state index contributed by atoms with van der Waals surface area (Å²) in [7, 11) is 0. The molecule has 2 N–H and O–H groups in total. The van der Waals surface area contributed by atoms with Crippen LogP contribution in [-0.4, -0.2) is 30.1 Å². The van der Waals surface area contributed by atoms with Crippen LogP contribution in [0.25, 0.3) is 0 Å². The van der Waals surface area contributed by atoms with Crippen LogP contribution >= 0.6 is 0 Å². The van der Waals surface area contributed by atoms with Crippen molar-refractivity contribution in [2.45, 2.75) is 38.2 Å². The van der Waals surface area contributed by atoms with Crippen LogP contribution in [0.4, 0.5) is 8.78 Å². The number of benzene rings is 1. The van der Waals surface area contributed by atoms with E-state index >= 15 is 0 Å². The third-order valence-corrected chi connectivity index (χ3v) is 3.37. The SMILES string of the molecule is O=C(NCC(O)C(F)F)c1ccc2c(c1)CCCC2. The summed E-state index contributed by atoms with van der Waals surface area (Å²) in [5.74, 6) is -0.423. The maximum Gasteiger partial charge on any atom is 0.265 e. The van der Waals surface area contributed by atoms with E-state index in [9.17, 15) is 13.6 Å². The molecule has 5 heteroatoms. The quantitative estimate of drug-likeness (QED) is 0.877. The van der Waals surface area contributed by atoms with E-state index in [0.29, 0.717) is 5.56 Å². The Morgan fingerprint density at radius 1 is 1.26 bits per heavy atom. The van der Waals surface area contributed by atoms with Gasteiger partial charge in [0.2, 0.25) is 0 Å². The average molecular weight is 269 g/mol. The van der Waals surface area contributed by atoms with E-state index in [2.05, 4.69) is 5.32 Å². The largest absolute Gasteiger partial charge is 0.385 e. The van der Waals surface area contributed by atoms with Gasteiger partial charge in [0.25, 0.3) is 12.3 Å². The highest BCUT2D eigenvalue weighted by Crippen LogP contribution is 2.22. The van der Waals surface area contributed by atoms with E-state index in [1.165, 1.54) is 12.0 Å². The molecule has 0 aliphatic heterocycles. The zero-order valence-corrected chi connectivity index (χ0v) is 10.5. The maximum atomic E-state index is 12.1. The molecule has 1 aromatic carbocycles. The maximum absolute atomic E-state index is 12.1. The molecule has 0 saturated heterocycles. The molecule has 1 unspecified atom stereocenters. The predicted molar refractivity (Wildman–Crippen MR) is 67.4 cm³/mol. The molecule has 0 fully saturated rings. The van der Waals surface area contributed by atoms with Crippen LogP contribution in [-0.2, 0) is 12.8 Å². The number of aliphatic hydroxyl groups excluding tert-OH is 1. The average Bonchev–Trinajstić information content (AvgIpc) is 2.43. The molecule has 1 atom stereocenters. The molecule has 0 saturated carbocycles. The number of hydrogen-bond acceptors (Lipinski definition) is 2. The Hall–Kier alpha value is -1.49. The van der Waals surface area contributed by atoms with E-state index in [0.717, 1.165) is 24.8 Å². The summed E-state index contributed by atoms with van der Waals surface area (Å²) in [6, 6.07) is 5.44. The van der Waals surface area contributed by atoms with Crippen LogP contribution < -0.4 is 5.32 Å². The lowest BCUT2D eigenvalue weighted by Gasteiger charge is -2.16. The zero-order valence-electron chi connectivity index (χ0n) is 10.5. The highest BCUT2D eigenvalue weighted by Gasteiger charge is 2.18. The van der Waals surface area contributed by atoms with Crippen molar-refractivity contribution in [2.75, 3.05) is 6.54 Å². The van der Waals surface area contributed by atoms with Crippen molar-refractivity contribution >= 4 is 5.91 Å². The minimum absolute atomic E-state index is 0.423. The van der Waals surface area contributed by atoms with Crippen LogP contribution in [0.2, 0.25) is 0 Å². The fraction of sp³-hybridized carbons (Fsp3) is 0.500. The van der Waals surface area contributed by atoms with Gasteiger partial charge in [0.1, 0.15) is 6.10 Å². The third kappa shape index (κ3) is 3.50. The van der Waals surface area contributed by atoms with Crippen LogP contribution in [0.5, 0.6) is 0 Å². The molecular formula is C14H17F2NO2. The Morgan fingerprint density at radius 3 is 2.63 bits per heavy atom. The summed E-state index contributed by atoms with van der Waals surface area (Å²) in [5, 5.41) is 11.3. The van der Waals surface area contributed by atoms with Gasteiger partial charge >= 0.3 is 0 Å². The summed E-state index contributed by atoms with van der Waals surface area (Å²) < 4.78 is 24.2. The number of hydrogen-bond donors (Lipinski definition) is 2. The van der Waals surface area contributed by atoms with E-state index in [4.69, 9.17) is 5.11 Å². The molecule has 1 amide bonds. The molecule has 0 aromatic heterocycles. The Kier molecular flexibility index (Phi) is 4.47. The lowest BCUT2D eigenvalue weighted by Crippen LogP contribution is -2.35. The molecule has 2 rings (SSSR count). The van der Waals surface area contributed by atoms with Gasteiger partial charge in [-0.3, -0.25) is 4.79 Å². The van der Waals surface area contributed by atoms with Crippen molar-refractivity contribution in [3.63, 3.8) is 0 Å². The normalized spacial score (nSPS) is 16.0. The number of aliphatic hydroxyl groups is 1. The van der Waals surface area contributed by atoms with E-state index < -0.39 is 25.0 Å². The summed E-state index contributed by atoms with van der Waals surface area (Å²) in [6.07, 6.45) is -0.399. The molecule has 3 nitrogen and oxygen atoms in total. The monoisotopic (exact) mass is 269 g/mol. The second-order valence-corrected chi connectivity index (χ2v) is 4.80. The first-order valence-electron chi connectivity index (χ1n) is 6.44. The Bertz CT molecular complexity index is 463. The number of aryl methyl sites for hydroxylation is 2. The van der Waals surface area contributed by atoms with E-state index in [-0.39, 0.29) is 0 Å².